The van der Waals surface area contributed by atoms with E-state index in [0.29, 0.717) is 59.2 Å². The highest BCUT2D eigenvalue weighted by atomic mass is 35.5. The third kappa shape index (κ3) is 4.35. The van der Waals surface area contributed by atoms with Crippen LogP contribution in [0, 0.1) is 0 Å². The predicted octanol–water partition coefficient (Wildman–Crippen LogP) is 5.73. The molecule has 2 aromatic carbocycles. The van der Waals surface area contributed by atoms with Crippen LogP contribution in [-0.4, -0.2) is 25.7 Å². The molecular formula is C20H20Cl3NO3. The van der Waals surface area contributed by atoms with Gasteiger partial charge in [0.05, 0.1) is 17.0 Å². The van der Waals surface area contributed by atoms with Crippen LogP contribution in [0.15, 0.2) is 36.4 Å². The van der Waals surface area contributed by atoms with E-state index in [0.717, 1.165) is 5.56 Å². The number of nitrogens with one attached hydrogen (secondary N) is 1. The lowest BCUT2D eigenvalue weighted by molar-refractivity contribution is -0.125. The van der Waals surface area contributed by atoms with Gasteiger partial charge in [-0.15, -0.1) is 0 Å². The lowest BCUT2D eigenvalue weighted by atomic mass is 9.73. The van der Waals surface area contributed by atoms with E-state index in [1.807, 2.05) is 13.0 Å². The number of halogens is 3. The van der Waals surface area contributed by atoms with E-state index >= 15 is 0 Å². The van der Waals surface area contributed by atoms with Crippen molar-refractivity contribution in [2.45, 2.75) is 25.2 Å². The fourth-order valence-electron chi connectivity index (χ4n) is 3.32. The Morgan fingerprint density at radius 1 is 1.11 bits per heavy atom. The SMILES string of the molecule is CCOc1ccc(NC(=O)C2(c3ccc(Cl)cc3Cl)CCOCC2)cc1Cl. The van der Waals surface area contributed by atoms with Gasteiger partial charge >= 0.3 is 0 Å². The summed E-state index contributed by atoms with van der Waals surface area (Å²) in [7, 11) is 0. The number of benzene rings is 2. The van der Waals surface area contributed by atoms with E-state index in [-0.39, 0.29) is 5.91 Å². The highest BCUT2D eigenvalue weighted by molar-refractivity contribution is 6.35. The smallest absolute Gasteiger partial charge is 0.235 e. The fraction of sp³-hybridized carbons (Fsp3) is 0.350. The van der Waals surface area contributed by atoms with Crippen LogP contribution in [0.3, 0.4) is 0 Å². The maximum atomic E-state index is 13.3. The number of hydrogen-bond acceptors (Lipinski definition) is 3. The van der Waals surface area contributed by atoms with E-state index in [9.17, 15) is 4.79 Å². The first-order valence-electron chi connectivity index (χ1n) is 8.73. The lowest BCUT2D eigenvalue weighted by Crippen LogP contribution is -2.45. The van der Waals surface area contributed by atoms with Gasteiger partial charge in [0.15, 0.2) is 0 Å². The van der Waals surface area contributed by atoms with Gasteiger partial charge in [0.1, 0.15) is 5.75 Å². The van der Waals surface area contributed by atoms with Gasteiger partial charge in [-0.3, -0.25) is 4.79 Å². The molecule has 4 nitrogen and oxygen atoms in total. The van der Waals surface area contributed by atoms with Crippen LogP contribution in [-0.2, 0) is 14.9 Å². The highest BCUT2D eigenvalue weighted by Gasteiger charge is 2.43. The van der Waals surface area contributed by atoms with Crippen molar-refractivity contribution in [2.75, 3.05) is 25.1 Å². The monoisotopic (exact) mass is 427 g/mol. The Hall–Kier alpha value is -1.46. The van der Waals surface area contributed by atoms with Gasteiger partial charge in [0, 0.05) is 28.9 Å². The molecule has 1 heterocycles. The molecule has 144 valence electrons. The molecule has 0 radical (unpaired) electrons. The maximum Gasteiger partial charge on any atom is 0.235 e. The van der Waals surface area contributed by atoms with Crippen molar-refractivity contribution in [3.8, 4) is 5.75 Å². The van der Waals surface area contributed by atoms with Crippen molar-refractivity contribution >= 4 is 46.4 Å². The minimum absolute atomic E-state index is 0.143. The summed E-state index contributed by atoms with van der Waals surface area (Å²) in [5.74, 6) is 0.439. The number of carbonyl (C=O) groups excluding carboxylic acids is 1. The van der Waals surface area contributed by atoms with Crippen LogP contribution in [0.2, 0.25) is 15.1 Å². The van der Waals surface area contributed by atoms with Crippen molar-refractivity contribution in [1.82, 2.24) is 0 Å². The summed E-state index contributed by atoms with van der Waals surface area (Å²) in [6, 6.07) is 10.4. The van der Waals surface area contributed by atoms with Crippen LogP contribution in [0.1, 0.15) is 25.3 Å². The molecule has 1 aliphatic heterocycles. The number of hydrogen-bond donors (Lipinski definition) is 1. The van der Waals surface area contributed by atoms with Crippen LogP contribution in [0.4, 0.5) is 5.69 Å². The maximum absolute atomic E-state index is 13.3. The second kappa shape index (κ2) is 8.70. The van der Waals surface area contributed by atoms with Gasteiger partial charge in [0.2, 0.25) is 5.91 Å². The number of ether oxygens (including phenoxy) is 2. The number of anilines is 1. The largest absolute Gasteiger partial charge is 0.492 e. The molecule has 0 saturated carbocycles. The lowest BCUT2D eigenvalue weighted by Gasteiger charge is -2.36. The first-order valence-corrected chi connectivity index (χ1v) is 9.87. The average Bonchev–Trinajstić information content (AvgIpc) is 2.64. The van der Waals surface area contributed by atoms with E-state index in [1.54, 1.807) is 30.3 Å². The fourth-order valence-corrected chi connectivity index (χ4v) is 4.14. The highest BCUT2D eigenvalue weighted by Crippen LogP contribution is 2.41. The van der Waals surface area contributed by atoms with E-state index < -0.39 is 5.41 Å². The Kier molecular flexibility index (Phi) is 6.53. The minimum Gasteiger partial charge on any atom is -0.492 e. The van der Waals surface area contributed by atoms with E-state index in [2.05, 4.69) is 5.32 Å². The summed E-state index contributed by atoms with van der Waals surface area (Å²) in [5.41, 5.74) is 0.571. The first kappa shape index (κ1) is 20.3. The molecule has 0 atom stereocenters. The molecule has 2 aromatic rings. The van der Waals surface area contributed by atoms with Crippen molar-refractivity contribution in [1.29, 1.82) is 0 Å². The Bertz CT molecular complexity index is 835. The second-order valence-corrected chi connectivity index (χ2v) is 7.60. The summed E-state index contributed by atoms with van der Waals surface area (Å²) in [6.07, 6.45) is 1.07. The zero-order valence-corrected chi connectivity index (χ0v) is 17.1. The first-order chi connectivity index (χ1) is 13.0. The Labute approximate surface area is 173 Å². The molecule has 0 unspecified atom stereocenters. The Morgan fingerprint density at radius 2 is 1.85 bits per heavy atom. The quantitative estimate of drug-likeness (QED) is 0.661. The van der Waals surface area contributed by atoms with Gasteiger partial charge in [-0.1, -0.05) is 40.9 Å². The molecule has 7 heteroatoms. The molecule has 0 aromatic heterocycles. The van der Waals surface area contributed by atoms with Crippen molar-refractivity contribution in [3.05, 3.63) is 57.0 Å². The summed E-state index contributed by atoms with van der Waals surface area (Å²) < 4.78 is 10.9. The van der Waals surface area contributed by atoms with Gasteiger partial charge in [0.25, 0.3) is 0 Å². The average molecular weight is 429 g/mol. The summed E-state index contributed by atoms with van der Waals surface area (Å²) in [5, 5.41) is 4.43. The number of carbonyl (C=O) groups is 1. The van der Waals surface area contributed by atoms with Gasteiger partial charge in [-0.2, -0.15) is 0 Å². The molecule has 0 aliphatic carbocycles. The normalized spacial score (nSPS) is 16.0. The molecule has 1 amide bonds. The topological polar surface area (TPSA) is 47.6 Å². The minimum atomic E-state index is -0.787. The van der Waals surface area contributed by atoms with Crippen LogP contribution >= 0.6 is 34.8 Å². The van der Waals surface area contributed by atoms with Gasteiger partial charge in [-0.25, -0.2) is 0 Å². The van der Waals surface area contributed by atoms with E-state index in [1.165, 1.54) is 0 Å². The third-order valence-electron chi connectivity index (χ3n) is 4.72. The second-order valence-electron chi connectivity index (χ2n) is 6.35. The van der Waals surface area contributed by atoms with Crippen LogP contribution in [0.5, 0.6) is 5.75 Å². The van der Waals surface area contributed by atoms with Gasteiger partial charge in [-0.05, 0) is 55.7 Å². The van der Waals surface area contributed by atoms with Crippen LogP contribution < -0.4 is 10.1 Å². The summed E-state index contributed by atoms with van der Waals surface area (Å²) in [6.45, 7) is 3.37. The molecule has 1 saturated heterocycles. The number of amides is 1. The van der Waals surface area contributed by atoms with Crippen molar-refractivity contribution in [2.24, 2.45) is 0 Å². The Morgan fingerprint density at radius 3 is 2.48 bits per heavy atom. The molecule has 1 N–H and O–H groups in total. The zero-order valence-electron chi connectivity index (χ0n) is 14.9. The van der Waals surface area contributed by atoms with Crippen molar-refractivity contribution < 1.29 is 14.3 Å². The van der Waals surface area contributed by atoms with Crippen molar-refractivity contribution in [3.63, 3.8) is 0 Å². The molecule has 0 bridgehead atoms. The zero-order chi connectivity index (χ0) is 19.4. The van der Waals surface area contributed by atoms with E-state index in [4.69, 9.17) is 44.3 Å². The third-order valence-corrected chi connectivity index (χ3v) is 5.56. The summed E-state index contributed by atoms with van der Waals surface area (Å²) >= 11 is 18.7. The molecular weight excluding hydrogens is 409 g/mol. The predicted molar refractivity (Wildman–Crippen MR) is 109 cm³/mol. The molecule has 1 fully saturated rings. The Balaban J connectivity index is 1.91. The molecule has 1 aliphatic rings. The number of rotatable bonds is 5. The molecule has 3 rings (SSSR count). The summed E-state index contributed by atoms with van der Waals surface area (Å²) in [4.78, 5) is 13.3. The standard InChI is InChI=1S/C20H20Cl3NO3/c1-2-27-18-6-4-14(12-17(18)23)24-19(25)20(7-9-26-10-8-20)15-5-3-13(21)11-16(15)22/h3-6,11-12H,2,7-10H2,1H3,(H,24,25). The van der Waals surface area contributed by atoms with Gasteiger partial charge < -0.3 is 14.8 Å². The molecule has 0 spiro atoms. The van der Waals surface area contributed by atoms with Crippen LogP contribution in [0.25, 0.3) is 0 Å². The molecule has 27 heavy (non-hydrogen) atoms.